The van der Waals surface area contributed by atoms with E-state index in [1.165, 1.54) is 0 Å². The van der Waals surface area contributed by atoms with Crippen molar-refractivity contribution in [2.24, 2.45) is 11.8 Å². The molecule has 2 saturated heterocycles. The van der Waals surface area contributed by atoms with Crippen LogP contribution in [0.2, 0.25) is 0 Å². The zero-order valence-corrected chi connectivity index (χ0v) is 8.30. The molecule has 3 aliphatic rings. The summed E-state index contributed by atoms with van der Waals surface area (Å²) in [5, 5.41) is 9.89. The normalized spacial score (nSPS) is 45.8. The maximum absolute atomic E-state index is 11.1. The summed E-state index contributed by atoms with van der Waals surface area (Å²) in [4.78, 5) is 11.1. The van der Waals surface area contributed by atoms with Crippen LogP contribution in [0, 0.1) is 11.8 Å². The highest BCUT2D eigenvalue weighted by Gasteiger charge is 2.53. The number of carbonyl (C=O) groups excluding carboxylic acids is 1. The number of hydrogen-bond acceptors (Lipinski definition) is 5. The fraction of sp³-hybridized carbons (Fsp3) is 0.900. The second-order valence-electron chi connectivity index (χ2n) is 4.39. The van der Waals surface area contributed by atoms with Gasteiger partial charge >= 0.3 is 5.97 Å². The van der Waals surface area contributed by atoms with Gasteiger partial charge in [-0.05, 0) is 0 Å². The van der Waals surface area contributed by atoms with Crippen LogP contribution in [0.1, 0.15) is 12.8 Å². The van der Waals surface area contributed by atoms with Gasteiger partial charge in [0.05, 0.1) is 25.7 Å². The van der Waals surface area contributed by atoms with Gasteiger partial charge in [0, 0.05) is 18.3 Å². The van der Waals surface area contributed by atoms with Gasteiger partial charge in [0.1, 0.15) is 6.10 Å². The molecule has 0 amide bonds. The van der Waals surface area contributed by atoms with Crippen LogP contribution < -0.4 is 0 Å². The van der Waals surface area contributed by atoms with Crippen molar-refractivity contribution in [3.05, 3.63) is 0 Å². The van der Waals surface area contributed by atoms with Gasteiger partial charge in [0.15, 0.2) is 6.29 Å². The van der Waals surface area contributed by atoms with Crippen molar-refractivity contribution in [2.45, 2.75) is 31.3 Å². The molecule has 0 bridgehead atoms. The summed E-state index contributed by atoms with van der Waals surface area (Å²) in [5.41, 5.74) is 0. The number of aliphatic hydroxyl groups excluding tert-OH is 1. The highest BCUT2D eigenvalue weighted by Crippen LogP contribution is 2.44. The fourth-order valence-electron chi connectivity index (χ4n) is 2.90. The Morgan fingerprint density at radius 2 is 2.00 bits per heavy atom. The number of ether oxygens (including phenoxy) is 3. The number of esters is 1. The lowest BCUT2D eigenvalue weighted by molar-refractivity contribution is -0.142. The van der Waals surface area contributed by atoms with Crippen molar-refractivity contribution in [3.63, 3.8) is 0 Å². The summed E-state index contributed by atoms with van der Waals surface area (Å²) in [6, 6.07) is 0. The van der Waals surface area contributed by atoms with Crippen LogP contribution in [0.15, 0.2) is 0 Å². The molecule has 0 aromatic carbocycles. The van der Waals surface area contributed by atoms with E-state index in [0.29, 0.717) is 26.1 Å². The Bertz CT molecular complexity index is 273. The second-order valence-corrected chi connectivity index (χ2v) is 4.39. The maximum atomic E-state index is 11.1. The summed E-state index contributed by atoms with van der Waals surface area (Å²) in [6.07, 6.45) is -0.0640. The van der Waals surface area contributed by atoms with E-state index in [4.69, 9.17) is 14.2 Å². The molecule has 0 radical (unpaired) electrons. The minimum atomic E-state index is -0.476. The molecule has 84 valence electrons. The van der Waals surface area contributed by atoms with Gasteiger partial charge < -0.3 is 19.3 Å². The third-order valence-electron chi connectivity index (χ3n) is 3.54. The Balaban J connectivity index is 1.78. The third-order valence-corrected chi connectivity index (χ3v) is 3.54. The summed E-state index contributed by atoms with van der Waals surface area (Å²) < 4.78 is 15.9. The predicted molar refractivity (Wildman–Crippen MR) is 47.8 cm³/mol. The molecule has 1 saturated carbocycles. The molecule has 1 N–H and O–H groups in total. The Kier molecular flexibility index (Phi) is 2.19. The van der Waals surface area contributed by atoms with E-state index < -0.39 is 6.10 Å². The number of rotatable bonds is 1. The van der Waals surface area contributed by atoms with Gasteiger partial charge in [0.2, 0.25) is 0 Å². The Labute approximate surface area is 87.3 Å². The molecule has 5 heteroatoms. The summed E-state index contributed by atoms with van der Waals surface area (Å²) in [5.74, 6) is -0.209. The molecule has 2 heterocycles. The second kappa shape index (κ2) is 3.43. The molecule has 5 nitrogen and oxygen atoms in total. The molecule has 2 aliphatic heterocycles. The summed E-state index contributed by atoms with van der Waals surface area (Å²) >= 11 is 0. The lowest BCUT2D eigenvalue weighted by Crippen LogP contribution is -2.33. The van der Waals surface area contributed by atoms with Crippen molar-refractivity contribution < 1.29 is 24.1 Å². The van der Waals surface area contributed by atoms with Crippen LogP contribution in [-0.4, -0.2) is 42.8 Å². The Morgan fingerprint density at radius 3 is 2.73 bits per heavy atom. The highest BCUT2D eigenvalue weighted by molar-refractivity contribution is 5.72. The molecule has 1 aliphatic carbocycles. The first-order valence-corrected chi connectivity index (χ1v) is 5.36. The third kappa shape index (κ3) is 1.46. The molecule has 4 unspecified atom stereocenters. The smallest absolute Gasteiger partial charge is 0.306 e. The van der Waals surface area contributed by atoms with E-state index in [2.05, 4.69) is 0 Å². The quantitative estimate of drug-likeness (QED) is 0.605. The van der Waals surface area contributed by atoms with E-state index in [0.717, 1.165) is 0 Å². The first-order chi connectivity index (χ1) is 7.25. The zero-order chi connectivity index (χ0) is 10.4. The van der Waals surface area contributed by atoms with Crippen LogP contribution in [0.4, 0.5) is 0 Å². The minimum absolute atomic E-state index is 0.0654. The minimum Gasteiger partial charge on any atom is -0.462 e. The summed E-state index contributed by atoms with van der Waals surface area (Å²) in [6.45, 7) is 1.14. The lowest BCUT2D eigenvalue weighted by atomic mass is 9.91. The van der Waals surface area contributed by atoms with E-state index in [1.54, 1.807) is 0 Å². The Morgan fingerprint density at radius 1 is 1.27 bits per heavy atom. The molecular formula is C10H14O5. The highest BCUT2D eigenvalue weighted by atomic mass is 16.7. The van der Waals surface area contributed by atoms with E-state index in [1.807, 2.05) is 0 Å². The predicted octanol–water partition coefficient (Wildman–Crippen LogP) is -0.328. The van der Waals surface area contributed by atoms with Crippen LogP contribution in [0.5, 0.6) is 0 Å². The molecule has 15 heavy (non-hydrogen) atoms. The zero-order valence-electron chi connectivity index (χ0n) is 8.30. The van der Waals surface area contributed by atoms with Crippen LogP contribution in [0.25, 0.3) is 0 Å². The van der Waals surface area contributed by atoms with Gasteiger partial charge in [-0.2, -0.15) is 0 Å². The van der Waals surface area contributed by atoms with Crippen molar-refractivity contribution >= 4 is 5.97 Å². The van der Waals surface area contributed by atoms with Crippen molar-refractivity contribution in [2.75, 3.05) is 13.2 Å². The Hall–Kier alpha value is -0.650. The van der Waals surface area contributed by atoms with Gasteiger partial charge in [-0.15, -0.1) is 0 Å². The van der Waals surface area contributed by atoms with E-state index in [9.17, 15) is 9.90 Å². The molecule has 3 rings (SSSR count). The lowest BCUT2D eigenvalue weighted by Gasteiger charge is -2.23. The fourth-order valence-corrected chi connectivity index (χ4v) is 2.90. The van der Waals surface area contributed by atoms with Gasteiger partial charge in [0.25, 0.3) is 0 Å². The van der Waals surface area contributed by atoms with Crippen molar-refractivity contribution in [1.29, 1.82) is 0 Å². The van der Waals surface area contributed by atoms with Gasteiger partial charge in [-0.1, -0.05) is 0 Å². The van der Waals surface area contributed by atoms with E-state index >= 15 is 0 Å². The topological polar surface area (TPSA) is 65.0 Å². The van der Waals surface area contributed by atoms with Crippen LogP contribution in [-0.2, 0) is 19.0 Å². The number of fused-ring (bicyclic) bond motifs is 1. The first-order valence-electron chi connectivity index (χ1n) is 5.36. The number of carbonyl (C=O) groups is 1. The van der Waals surface area contributed by atoms with Gasteiger partial charge in [-0.25, -0.2) is 0 Å². The average Bonchev–Trinajstić information content (AvgIpc) is 2.80. The van der Waals surface area contributed by atoms with Crippen molar-refractivity contribution in [3.8, 4) is 0 Å². The number of hydrogen-bond donors (Lipinski definition) is 1. The molecule has 0 spiro atoms. The average molecular weight is 214 g/mol. The largest absolute Gasteiger partial charge is 0.462 e. The van der Waals surface area contributed by atoms with Crippen LogP contribution >= 0.6 is 0 Å². The first kappa shape index (κ1) is 9.57. The number of aliphatic hydroxyl groups is 1. The van der Waals surface area contributed by atoms with Gasteiger partial charge in [-0.3, -0.25) is 4.79 Å². The summed E-state index contributed by atoms with van der Waals surface area (Å²) in [7, 11) is 0. The standard InChI is InChI=1S/C10H14O5/c11-6-4-7-5(3-8(12)15-7)9(6)10-13-1-2-14-10/h5-7,9-11H,1-4H2. The molecule has 3 fully saturated rings. The molecule has 0 aromatic rings. The molecular weight excluding hydrogens is 200 g/mol. The molecule has 4 atom stereocenters. The molecule has 0 aromatic heterocycles. The maximum Gasteiger partial charge on any atom is 0.306 e. The monoisotopic (exact) mass is 214 g/mol. The van der Waals surface area contributed by atoms with E-state index in [-0.39, 0.29) is 30.2 Å². The van der Waals surface area contributed by atoms with Crippen LogP contribution in [0.3, 0.4) is 0 Å². The van der Waals surface area contributed by atoms with Crippen molar-refractivity contribution in [1.82, 2.24) is 0 Å². The SMILES string of the molecule is O=C1CC2C(CC(O)C2C2OCCO2)O1.